The van der Waals surface area contributed by atoms with Crippen LogP contribution >= 0.6 is 28.4 Å². The number of rotatable bonds is 9. The fourth-order valence-corrected chi connectivity index (χ4v) is 4.21. The lowest BCUT2D eigenvalue weighted by Gasteiger charge is -2.08. The molecule has 0 aliphatic rings. The van der Waals surface area contributed by atoms with Crippen LogP contribution in [0.1, 0.15) is 32.8 Å². The summed E-state index contributed by atoms with van der Waals surface area (Å²) >= 11 is 2.21. The van der Waals surface area contributed by atoms with E-state index in [0.29, 0.717) is 23.8 Å². The lowest BCUT2D eigenvalue weighted by Crippen LogP contribution is -2.16. The number of pyridine rings is 1. The zero-order valence-electron chi connectivity index (χ0n) is 22.5. The summed E-state index contributed by atoms with van der Waals surface area (Å²) in [7, 11) is 0. The van der Waals surface area contributed by atoms with Crippen molar-refractivity contribution in [1.29, 1.82) is 5.41 Å². The average Bonchev–Trinajstić information content (AvgIpc) is 3.34. The van der Waals surface area contributed by atoms with Gasteiger partial charge in [0.15, 0.2) is 11.6 Å². The number of nitrogens with zero attached hydrogens (tertiary/aromatic N) is 4. The number of carbonyl (C=O) groups excluding carboxylic acids is 1. The molecule has 0 fully saturated rings. The summed E-state index contributed by atoms with van der Waals surface area (Å²) in [5, 5.41) is 19.2. The molecule has 2 aromatic carbocycles. The molecule has 5 N–H and O–H groups in total. The third kappa shape index (κ3) is 7.83. The van der Waals surface area contributed by atoms with Crippen LogP contribution in [0.3, 0.4) is 0 Å². The van der Waals surface area contributed by atoms with Gasteiger partial charge < -0.3 is 21.8 Å². The van der Waals surface area contributed by atoms with E-state index in [0.717, 1.165) is 33.9 Å². The number of allylic oxidation sites excluding steroid dienone is 2. The largest absolute Gasteiger partial charge is 0.404 e. The Morgan fingerprint density at radius 2 is 1.85 bits per heavy atom. The van der Waals surface area contributed by atoms with Crippen molar-refractivity contribution in [3.05, 3.63) is 90.1 Å². The molecule has 1 atom stereocenters. The summed E-state index contributed by atoms with van der Waals surface area (Å²) in [6.45, 7) is 5.95. The molecule has 9 nitrogen and oxygen atoms in total. The Bertz CT molecular complexity index is 1540. The van der Waals surface area contributed by atoms with Crippen LogP contribution in [0.2, 0.25) is 0 Å². The normalized spacial score (nSPS) is 12.0. The molecular weight excluding hydrogens is 634 g/mol. The number of nitrogens with two attached hydrogens (primary N) is 1. The fourth-order valence-electron chi connectivity index (χ4n) is 3.60. The van der Waals surface area contributed by atoms with Gasteiger partial charge in [0.2, 0.25) is 0 Å². The summed E-state index contributed by atoms with van der Waals surface area (Å²) in [5.74, 6) is 1.18. The van der Waals surface area contributed by atoms with Gasteiger partial charge in [-0.1, -0.05) is 56.7 Å². The molecule has 2 heterocycles. The number of nitrogens with one attached hydrogen (secondary N) is 3. The maximum Gasteiger partial charge on any atom is 0.258 e. The molecule has 4 rings (SSSR count). The Morgan fingerprint density at radius 1 is 1.12 bits per heavy atom. The van der Waals surface area contributed by atoms with Gasteiger partial charge in [-0.2, -0.15) is 0 Å². The van der Waals surface area contributed by atoms with Crippen LogP contribution in [0.5, 0.6) is 0 Å². The predicted molar refractivity (Wildman–Crippen MR) is 179 cm³/mol. The van der Waals surface area contributed by atoms with E-state index < -0.39 is 5.91 Å². The van der Waals surface area contributed by atoms with E-state index >= 15 is 0 Å². The van der Waals surface area contributed by atoms with Crippen molar-refractivity contribution in [3.63, 3.8) is 0 Å². The smallest absolute Gasteiger partial charge is 0.258 e. The Morgan fingerprint density at radius 3 is 2.50 bits per heavy atom. The fraction of sp³-hybridized carbons (Fsp3) is 0.138. The van der Waals surface area contributed by atoms with Crippen molar-refractivity contribution < 1.29 is 4.79 Å². The topological polar surface area (TPSA) is 134 Å². The third-order valence-electron chi connectivity index (χ3n) is 5.42. The maximum absolute atomic E-state index is 12.4. The van der Waals surface area contributed by atoms with Crippen molar-refractivity contribution in [2.24, 2.45) is 10.5 Å². The molecule has 0 aliphatic carbocycles. The minimum atomic E-state index is -0.396. The second-order valence-electron chi connectivity index (χ2n) is 8.38. The third-order valence-corrected chi connectivity index (χ3v) is 6.48. The van der Waals surface area contributed by atoms with Crippen LogP contribution in [0.25, 0.3) is 22.3 Å². The highest BCUT2D eigenvalue weighted by Gasteiger charge is 2.14. The number of anilines is 3. The molecule has 11 heteroatoms. The lowest BCUT2D eigenvalue weighted by molar-refractivity contribution is -0.112. The number of fused-ring (bicyclic) bond motifs is 1. The first-order chi connectivity index (χ1) is 19.5. The Hall–Kier alpha value is -3.89. The van der Waals surface area contributed by atoms with Gasteiger partial charge in [-0.05, 0) is 70.9 Å². The minimum Gasteiger partial charge on any atom is -0.404 e. The molecule has 0 spiro atoms. The first-order valence-electron chi connectivity index (χ1n) is 12.6. The van der Waals surface area contributed by atoms with Crippen LogP contribution in [0.15, 0.2) is 89.3 Å². The summed E-state index contributed by atoms with van der Waals surface area (Å²) in [4.78, 5) is 16.9. The second-order valence-corrected chi connectivity index (χ2v) is 10.2. The maximum atomic E-state index is 12.4. The summed E-state index contributed by atoms with van der Waals surface area (Å²) in [6, 6.07) is 21.0. The average molecular weight is 667 g/mol. The first-order valence-corrected chi connectivity index (χ1v) is 16.7. The molecule has 1 amide bonds. The molecule has 0 aliphatic heterocycles. The molecule has 4 aromatic rings. The Labute approximate surface area is 248 Å². The highest BCUT2D eigenvalue weighted by atomic mass is 127. The van der Waals surface area contributed by atoms with E-state index in [4.69, 9.17) is 16.2 Å². The van der Waals surface area contributed by atoms with Gasteiger partial charge in [-0.25, -0.2) is 9.67 Å². The Kier molecular flexibility index (Phi) is 12.0. The number of hydrogen-bond donors (Lipinski definition) is 4. The van der Waals surface area contributed by atoms with Crippen LogP contribution in [-0.2, 0) is 4.79 Å². The van der Waals surface area contributed by atoms with Crippen LogP contribution in [0.4, 0.5) is 17.3 Å². The molecule has 2 aromatic heterocycles. The van der Waals surface area contributed by atoms with Crippen molar-refractivity contribution in [3.8, 4) is 5.82 Å². The number of aromatic nitrogens is 3. The highest BCUT2D eigenvalue weighted by Crippen LogP contribution is 2.29. The quantitative estimate of drug-likeness (QED) is 0.0638. The van der Waals surface area contributed by atoms with E-state index in [9.17, 15) is 4.79 Å². The molecule has 40 heavy (non-hydrogen) atoms. The number of benzene rings is 2. The zero-order valence-corrected chi connectivity index (χ0v) is 25.7. The minimum absolute atomic E-state index is 0.251. The second kappa shape index (κ2) is 15.6. The molecule has 0 saturated carbocycles. The molecule has 0 saturated heterocycles. The molecule has 1 unspecified atom stereocenters. The monoisotopic (exact) mass is 666 g/mol. The molecular formula is C29H32IN8OP. The van der Waals surface area contributed by atoms with Gasteiger partial charge in [0.25, 0.3) is 5.91 Å². The van der Waals surface area contributed by atoms with E-state index in [2.05, 4.69) is 56.3 Å². The van der Waals surface area contributed by atoms with Crippen molar-refractivity contribution in [2.75, 3.05) is 10.6 Å². The number of amides is 1. The zero-order chi connectivity index (χ0) is 28.9. The van der Waals surface area contributed by atoms with Gasteiger partial charge in [0, 0.05) is 35.3 Å². The highest BCUT2D eigenvalue weighted by molar-refractivity contribution is 14.2. The predicted octanol–water partition coefficient (Wildman–Crippen LogP) is 7.43. The van der Waals surface area contributed by atoms with Crippen molar-refractivity contribution >= 4 is 80.6 Å². The summed E-state index contributed by atoms with van der Waals surface area (Å²) in [6.07, 6.45) is 7.59. The van der Waals surface area contributed by atoms with E-state index in [1.54, 1.807) is 42.2 Å². The van der Waals surface area contributed by atoms with Crippen molar-refractivity contribution in [1.82, 2.24) is 14.8 Å². The lowest BCUT2D eigenvalue weighted by atomic mass is 10.1. The molecule has 206 valence electrons. The van der Waals surface area contributed by atoms with Gasteiger partial charge >= 0.3 is 0 Å². The molecule has 0 bridgehead atoms. The van der Waals surface area contributed by atoms with E-state index in [-0.39, 0.29) is 5.57 Å². The number of hydrogen-bond acceptors (Lipinski definition) is 7. The summed E-state index contributed by atoms with van der Waals surface area (Å²) < 4.78 is 6.01. The van der Waals surface area contributed by atoms with E-state index in [1.807, 2.05) is 54.6 Å². The number of para-hydroxylation sites is 1. The van der Waals surface area contributed by atoms with Gasteiger partial charge in [-0.15, -0.1) is 5.10 Å². The van der Waals surface area contributed by atoms with Crippen LogP contribution < -0.4 is 16.4 Å². The number of carbonyl (C=O) groups is 1. The standard InChI is InChI=1S/C26H24IN8OP.C3H8/c1-2-17(14-28)26(36)33-23-8-5-9-24(32-23)35-22-7-4-3-6-21(22)25(34-35)31-20-12-10-18(11-13-20)19(15-29)16-30-37-27;1-3-2/h2-16,28,37H,29H2,1H3,(H,31,34)(H,32,33,36);3H2,1-2H3/b17-2+,19-15+,28-14?,30-16+;. The van der Waals surface area contributed by atoms with E-state index in [1.165, 1.54) is 6.42 Å². The van der Waals surface area contributed by atoms with Gasteiger partial charge in [-0.3, -0.25) is 9.56 Å². The van der Waals surface area contributed by atoms with Gasteiger partial charge in [0.1, 0.15) is 5.82 Å². The van der Waals surface area contributed by atoms with Gasteiger partial charge in [0.05, 0.1) is 17.5 Å². The number of halogens is 1. The van der Waals surface area contributed by atoms with Crippen LogP contribution in [-0.4, -0.2) is 33.1 Å². The molecule has 0 radical (unpaired) electrons. The Balaban J connectivity index is 0.00000141. The summed E-state index contributed by atoms with van der Waals surface area (Å²) in [5.41, 5.74) is 9.56. The SMILES string of the molecule is C/C=C(\C=N)C(=O)Nc1cccc(-n2nc(Nc3ccc(C(=C/N)/C=N/PI)cc3)c3ccccc32)n1.CCC. The van der Waals surface area contributed by atoms with Crippen molar-refractivity contribution in [2.45, 2.75) is 27.2 Å². The first kappa shape index (κ1) is 30.6. The van der Waals surface area contributed by atoms with Crippen LogP contribution in [0, 0.1) is 5.41 Å².